The fraction of sp³-hybridized carbons (Fsp3) is 0.188. The average Bonchev–Trinajstić information content (AvgIpc) is 2.60. The molecule has 0 atom stereocenters. The van der Waals surface area contributed by atoms with Gasteiger partial charge >= 0.3 is 5.97 Å². The second kappa shape index (κ2) is 7.99. The van der Waals surface area contributed by atoms with Crippen LogP contribution in [0.2, 0.25) is 10.0 Å². The molecule has 0 radical (unpaired) electrons. The van der Waals surface area contributed by atoms with Crippen molar-refractivity contribution >= 4 is 40.9 Å². The molecule has 0 bridgehead atoms. The Balaban J connectivity index is 1.99. The Bertz CT molecular complexity index is 781. The molecular formula is C16H14Cl2N2O4. The average molecular weight is 369 g/mol. The van der Waals surface area contributed by atoms with Gasteiger partial charge in [0.2, 0.25) is 0 Å². The highest BCUT2D eigenvalue weighted by Crippen LogP contribution is 2.28. The lowest BCUT2D eigenvalue weighted by Crippen LogP contribution is -2.22. The number of anilines is 1. The SMILES string of the molecule is COc1ccccc1C(=O)OCC(=O)Nc1ncc(Cl)c(C)c1Cl. The number of benzene rings is 1. The van der Waals surface area contributed by atoms with Crippen molar-refractivity contribution in [3.63, 3.8) is 0 Å². The number of para-hydroxylation sites is 1. The second-order valence-electron chi connectivity index (χ2n) is 4.72. The Morgan fingerprint density at radius 3 is 2.67 bits per heavy atom. The summed E-state index contributed by atoms with van der Waals surface area (Å²) < 4.78 is 10.0. The lowest BCUT2D eigenvalue weighted by atomic mass is 10.2. The highest BCUT2D eigenvalue weighted by Gasteiger charge is 2.16. The number of esters is 1. The number of amides is 1. The van der Waals surface area contributed by atoms with Gasteiger partial charge in [0.1, 0.15) is 11.3 Å². The van der Waals surface area contributed by atoms with Gasteiger partial charge < -0.3 is 14.8 Å². The van der Waals surface area contributed by atoms with E-state index in [2.05, 4.69) is 10.3 Å². The predicted octanol–water partition coefficient (Wildman–Crippen LogP) is 3.50. The Kier molecular flexibility index (Phi) is 6.00. The van der Waals surface area contributed by atoms with Crippen LogP contribution in [0.5, 0.6) is 5.75 Å². The molecule has 1 heterocycles. The predicted molar refractivity (Wildman–Crippen MR) is 90.9 cm³/mol. The van der Waals surface area contributed by atoms with Crippen LogP contribution in [-0.2, 0) is 9.53 Å². The zero-order valence-corrected chi connectivity index (χ0v) is 14.4. The smallest absolute Gasteiger partial charge is 0.342 e. The third-order valence-corrected chi connectivity index (χ3v) is 3.96. The zero-order chi connectivity index (χ0) is 17.7. The van der Waals surface area contributed by atoms with Crippen LogP contribution >= 0.6 is 23.2 Å². The van der Waals surface area contributed by atoms with E-state index in [1.54, 1.807) is 31.2 Å². The summed E-state index contributed by atoms with van der Waals surface area (Å²) in [5.74, 6) is -0.735. The molecule has 1 amide bonds. The molecule has 24 heavy (non-hydrogen) atoms. The van der Waals surface area contributed by atoms with E-state index < -0.39 is 18.5 Å². The van der Waals surface area contributed by atoms with Crippen LogP contribution in [0.1, 0.15) is 15.9 Å². The molecule has 6 nitrogen and oxygen atoms in total. The van der Waals surface area contributed by atoms with Crippen LogP contribution in [0, 0.1) is 6.92 Å². The summed E-state index contributed by atoms with van der Waals surface area (Å²) in [7, 11) is 1.44. The maximum atomic E-state index is 12.0. The van der Waals surface area contributed by atoms with Crippen molar-refractivity contribution < 1.29 is 19.1 Å². The molecule has 0 aliphatic heterocycles. The molecule has 0 spiro atoms. The van der Waals surface area contributed by atoms with Crippen molar-refractivity contribution in [1.82, 2.24) is 4.98 Å². The van der Waals surface area contributed by atoms with Gasteiger partial charge in [0.25, 0.3) is 5.91 Å². The van der Waals surface area contributed by atoms with Crippen molar-refractivity contribution in [2.24, 2.45) is 0 Å². The van der Waals surface area contributed by atoms with Gasteiger partial charge in [-0.1, -0.05) is 35.3 Å². The minimum absolute atomic E-state index is 0.150. The maximum absolute atomic E-state index is 12.0. The van der Waals surface area contributed by atoms with Crippen LogP contribution in [0.15, 0.2) is 30.5 Å². The molecule has 2 rings (SSSR count). The molecule has 0 saturated heterocycles. The molecule has 126 valence electrons. The van der Waals surface area contributed by atoms with E-state index in [0.717, 1.165) is 0 Å². The van der Waals surface area contributed by atoms with E-state index in [0.29, 0.717) is 16.3 Å². The van der Waals surface area contributed by atoms with Crippen LogP contribution < -0.4 is 10.1 Å². The minimum Gasteiger partial charge on any atom is -0.496 e. The Morgan fingerprint density at radius 1 is 1.25 bits per heavy atom. The Labute approximate surface area is 148 Å². The summed E-state index contributed by atoms with van der Waals surface area (Å²) in [5, 5.41) is 3.08. The summed E-state index contributed by atoms with van der Waals surface area (Å²) in [5.41, 5.74) is 0.820. The number of ether oxygens (including phenoxy) is 2. The maximum Gasteiger partial charge on any atom is 0.342 e. The second-order valence-corrected chi connectivity index (χ2v) is 5.50. The monoisotopic (exact) mass is 368 g/mol. The first-order valence-electron chi connectivity index (χ1n) is 6.84. The van der Waals surface area contributed by atoms with Crippen molar-refractivity contribution in [2.75, 3.05) is 19.0 Å². The van der Waals surface area contributed by atoms with Gasteiger partial charge in [-0.15, -0.1) is 0 Å². The molecule has 0 saturated carbocycles. The number of carbonyl (C=O) groups is 2. The van der Waals surface area contributed by atoms with Gasteiger partial charge in [0.05, 0.1) is 17.2 Å². The number of hydrogen-bond acceptors (Lipinski definition) is 5. The third-order valence-electron chi connectivity index (χ3n) is 3.12. The van der Waals surface area contributed by atoms with Gasteiger partial charge in [-0.25, -0.2) is 9.78 Å². The first-order chi connectivity index (χ1) is 11.4. The molecule has 1 aromatic heterocycles. The van der Waals surface area contributed by atoms with E-state index in [9.17, 15) is 9.59 Å². The van der Waals surface area contributed by atoms with Crippen molar-refractivity contribution in [3.8, 4) is 5.75 Å². The number of nitrogens with one attached hydrogen (secondary N) is 1. The number of halogens is 2. The van der Waals surface area contributed by atoms with Crippen molar-refractivity contribution in [1.29, 1.82) is 0 Å². The lowest BCUT2D eigenvalue weighted by Gasteiger charge is -2.10. The largest absolute Gasteiger partial charge is 0.496 e. The number of aromatic nitrogens is 1. The van der Waals surface area contributed by atoms with E-state index >= 15 is 0 Å². The van der Waals surface area contributed by atoms with Crippen LogP contribution in [0.25, 0.3) is 0 Å². The summed E-state index contributed by atoms with van der Waals surface area (Å²) in [4.78, 5) is 27.8. The van der Waals surface area contributed by atoms with Gasteiger partial charge in [-0.3, -0.25) is 4.79 Å². The summed E-state index contributed by atoms with van der Waals surface area (Å²) >= 11 is 11.9. The standard InChI is InChI=1S/C16H14Cl2N2O4/c1-9-11(17)7-19-15(14(9)18)20-13(21)8-24-16(22)10-5-3-4-6-12(10)23-2/h3-7H,8H2,1-2H3,(H,19,20,21). The quantitative estimate of drug-likeness (QED) is 0.817. The normalized spacial score (nSPS) is 10.2. The molecule has 0 unspecified atom stereocenters. The van der Waals surface area contributed by atoms with Gasteiger partial charge in [-0.05, 0) is 24.6 Å². The fourth-order valence-corrected chi connectivity index (χ4v) is 2.22. The molecule has 0 fully saturated rings. The van der Waals surface area contributed by atoms with E-state index in [1.807, 2.05) is 0 Å². The molecular weight excluding hydrogens is 355 g/mol. The van der Waals surface area contributed by atoms with Gasteiger partial charge in [0.15, 0.2) is 12.4 Å². The van der Waals surface area contributed by atoms with E-state index in [4.69, 9.17) is 32.7 Å². The number of carbonyl (C=O) groups excluding carboxylic acids is 2. The first-order valence-corrected chi connectivity index (χ1v) is 7.60. The number of nitrogens with zero attached hydrogens (tertiary/aromatic N) is 1. The molecule has 1 aromatic carbocycles. The number of hydrogen-bond donors (Lipinski definition) is 1. The Morgan fingerprint density at radius 2 is 1.96 bits per heavy atom. The van der Waals surface area contributed by atoms with Crippen LogP contribution in [0.4, 0.5) is 5.82 Å². The topological polar surface area (TPSA) is 77.5 Å². The van der Waals surface area contributed by atoms with Crippen LogP contribution in [0.3, 0.4) is 0 Å². The van der Waals surface area contributed by atoms with Gasteiger partial charge in [-0.2, -0.15) is 0 Å². The number of pyridine rings is 1. The Hall–Kier alpha value is -2.31. The molecule has 1 N–H and O–H groups in total. The van der Waals surface area contributed by atoms with Crippen molar-refractivity contribution in [2.45, 2.75) is 6.92 Å². The van der Waals surface area contributed by atoms with Crippen molar-refractivity contribution in [3.05, 3.63) is 51.6 Å². The number of methoxy groups -OCH3 is 1. The third kappa shape index (κ3) is 4.15. The fourth-order valence-electron chi connectivity index (χ4n) is 1.83. The highest BCUT2D eigenvalue weighted by molar-refractivity contribution is 6.37. The molecule has 2 aromatic rings. The molecule has 0 aliphatic rings. The summed E-state index contributed by atoms with van der Waals surface area (Å²) in [6.07, 6.45) is 1.37. The van der Waals surface area contributed by atoms with E-state index in [1.165, 1.54) is 13.3 Å². The summed E-state index contributed by atoms with van der Waals surface area (Å²) in [6.45, 7) is 1.21. The molecule has 0 aliphatic carbocycles. The highest BCUT2D eigenvalue weighted by atomic mass is 35.5. The minimum atomic E-state index is -0.672. The summed E-state index contributed by atoms with van der Waals surface area (Å²) in [6, 6.07) is 6.55. The van der Waals surface area contributed by atoms with E-state index in [-0.39, 0.29) is 16.4 Å². The zero-order valence-electron chi connectivity index (χ0n) is 12.9. The lowest BCUT2D eigenvalue weighted by molar-refractivity contribution is -0.119. The number of rotatable bonds is 5. The van der Waals surface area contributed by atoms with Gasteiger partial charge in [0, 0.05) is 6.20 Å². The molecule has 8 heteroatoms. The van der Waals surface area contributed by atoms with Crippen LogP contribution in [-0.4, -0.2) is 30.6 Å². The first kappa shape index (κ1) is 18.0.